The van der Waals surface area contributed by atoms with Crippen LogP contribution in [-0.4, -0.2) is 31.3 Å². The minimum Gasteiger partial charge on any atom is -0.489 e. The molecule has 1 aliphatic rings. The number of benzene rings is 7. The normalized spacial score (nSPS) is 12.5. The number of esters is 1. The largest absolute Gasteiger partial charge is 0.489 e. The van der Waals surface area contributed by atoms with Gasteiger partial charge in [0.05, 0.1) is 5.54 Å². The molecule has 1 aliphatic carbocycles. The molecule has 0 aliphatic heterocycles. The van der Waals surface area contributed by atoms with E-state index in [-0.39, 0.29) is 19.1 Å². The molecule has 0 radical (unpaired) electrons. The predicted molar refractivity (Wildman–Crippen MR) is 245 cm³/mol. The van der Waals surface area contributed by atoms with E-state index in [9.17, 15) is 9.59 Å². The number of carbonyl (C=O) groups is 2. The van der Waals surface area contributed by atoms with Crippen LogP contribution in [0, 0.1) is 6.92 Å². The summed E-state index contributed by atoms with van der Waals surface area (Å²) in [6.07, 6.45) is 1.09. The Kier molecular flexibility index (Phi) is 13.5. The number of aryl methyl sites for hydroxylation is 1. The van der Waals surface area contributed by atoms with Crippen LogP contribution in [0.15, 0.2) is 188 Å². The van der Waals surface area contributed by atoms with Gasteiger partial charge in [0.1, 0.15) is 31.6 Å². The van der Waals surface area contributed by atoms with Crippen LogP contribution in [0.5, 0.6) is 5.75 Å². The third-order valence-corrected chi connectivity index (χ3v) is 11.7. The molecular weight excluding hydrogens is 769 g/mol. The maximum atomic E-state index is 13.8. The highest BCUT2D eigenvalue weighted by Crippen LogP contribution is 2.44. The lowest BCUT2D eigenvalue weighted by Crippen LogP contribution is -2.45. The number of carbonyl (C=O) groups excluding carboxylic acids is 2. The maximum absolute atomic E-state index is 13.8. The zero-order chi connectivity index (χ0) is 42.6. The Labute approximate surface area is 364 Å². The average Bonchev–Trinajstić information content (AvgIpc) is 3.65. The molecule has 0 spiro atoms. The molecule has 7 aromatic carbocycles. The molecule has 0 saturated carbocycles. The molecule has 7 aromatic rings. The third-order valence-electron chi connectivity index (χ3n) is 11.7. The summed E-state index contributed by atoms with van der Waals surface area (Å²) in [4.78, 5) is 27.4. The average molecular weight is 821 g/mol. The smallest absolute Gasteiger partial charge is 0.407 e. The van der Waals surface area contributed by atoms with Gasteiger partial charge >= 0.3 is 12.1 Å². The van der Waals surface area contributed by atoms with Crippen LogP contribution in [0.25, 0.3) is 11.1 Å². The van der Waals surface area contributed by atoms with E-state index in [0.717, 1.165) is 62.2 Å². The van der Waals surface area contributed by atoms with Crippen LogP contribution in [0.4, 0.5) is 4.79 Å². The van der Waals surface area contributed by atoms with Crippen molar-refractivity contribution < 1.29 is 23.8 Å². The minimum absolute atomic E-state index is 0.0658. The number of hydrogen-bond acceptors (Lipinski definition) is 6. The van der Waals surface area contributed by atoms with E-state index in [2.05, 4.69) is 115 Å². The molecule has 62 heavy (non-hydrogen) atoms. The van der Waals surface area contributed by atoms with Gasteiger partial charge in [-0.3, -0.25) is 5.32 Å². The van der Waals surface area contributed by atoms with Crippen molar-refractivity contribution in [2.45, 2.75) is 56.9 Å². The molecule has 0 fully saturated rings. The van der Waals surface area contributed by atoms with E-state index in [0.29, 0.717) is 26.0 Å². The number of para-hydroxylation sites is 1. The fraction of sp³-hybridized carbons (Fsp3) is 0.200. The number of amides is 1. The summed E-state index contributed by atoms with van der Waals surface area (Å²) < 4.78 is 17.7. The summed E-state index contributed by atoms with van der Waals surface area (Å²) >= 11 is 0. The van der Waals surface area contributed by atoms with Crippen molar-refractivity contribution in [3.05, 3.63) is 233 Å². The van der Waals surface area contributed by atoms with Gasteiger partial charge in [-0.25, -0.2) is 9.59 Å². The summed E-state index contributed by atoms with van der Waals surface area (Å²) in [5, 5.41) is 6.83. The molecule has 1 amide bonds. The molecule has 312 valence electrons. The quantitative estimate of drug-likeness (QED) is 0.0509. The second-order valence-corrected chi connectivity index (χ2v) is 15.8. The maximum Gasteiger partial charge on any atom is 0.407 e. The van der Waals surface area contributed by atoms with Crippen molar-refractivity contribution in [3.8, 4) is 16.9 Å². The topological polar surface area (TPSA) is 85.9 Å². The number of rotatable bonds is 18. The van der Waals surface area contributed by atoms with Gasteiger partial charge in [-0.1, -0.05) is 181 Å². The summed E-state index contributed by atoms with van der Waals surface area (Å²) in [7, 11) is 0. The molecule has 7 nitrogen and oxygen atoms in total. The minimum atomic E-state index is -0.908. The lowest BCUT2D eigenvalue weighted by molar-refractivity contribution is -0.147. The first kappa shape index (κ1) is 41.8. The van der Waals surface area contributed by atoms with Crippen LogP contribution in [-0.2, 0) is 33.0 Å². The first-order valence-electron chi connectivity index (χ1n) is 21.4. The Hall–Kier alpha value is -6.96. The standard InChI is InChI=1S/C55H52N2O5/c1-40-28-34-45(35-29-40)55(43-17-5-2-6-18-43,44-19-7-3-8-20-44)56-36-16-15-27-52(53(58)61-38-42-32-30-41(31-33-42)37-60-46-21-9-4-10-22-46)57-54(59)62-39-51-49-25-13-11-23-47(49)48-24-12-14-26-50(48)51/h2-14,17-26,28-35,51-52,56H,15-16,27,36-39H2,1H3,(H,57,59)/t52-/m1/s1. The molecule has 0 saturated heterocycles. The molecular formula is C55H52N2O5. The molecule has 0 heterocycles. The van der Waals surface area contributed by atoms with E-state index in [1.807, 2.05) is 91.0 Å². The van der Waals surface area contributed by atoms with Crippen LogP contribution in [0.3, 0.4) is 0 Å². The van der Waals surface area contributed by atoms with Crippen molar-refractivity contribution in [2.75, 3.05) is 13.2 Å². The molecule has 7 heteroatoms. The lowest BCUT2D eigenvalue weighted by Gasteiger charge is -2.37. The van der Waals surface area contributed by atoms with Gasteiger partial charge in [-0.2, -0.15) is 0 Å². The number of nitrogens with one attached hydrogen (secondary N) is 2. The highest BCUT2D eigenvalue weighted by Gasteiger charge is 2.36. The number of ether oxygens (including phenoxy) is 3. The van der Waals surface area contributed by atoms with Crippen LogP contribution < -0.4 is 15.4 Å². The van der Waals surface area contributed by atoms with Gasteiger partial charge in [0.15, 0.2) is 0 Å². The van der Waals surface area contributed by atoms with Crippen molar-refractivity contribution in [1.82, 2.24) is 10.6 Å². The van der Waals surface area contributed by atoms with E-state index < -0.39 is 23.6 Å². The third kappa shape index (κ3) is 9.80. The van der Waals surface area contributed by atoms with Gasteiger partial charge in [0.2, 0.25) is 0 Å². The summed E-state index contributed by atoms with van der Waals surface area (Å²) in [5.74, 6) is 0.188. The van der Waals surface area contributed by atoms with Crippen molar-refractivity contribution in [2.24, 2.45) is 0 Å². The molecule has 0 unspecified atom stereocenters. The van der Waals surface area contributed by atoms with Gasteiger partial charge < -0.3 is 19.5 Å². The second kappa shape index (κ2) is 20.1. The molecule has 8 rings (SSSR count). The first-order chi connectivity index (χ1) is 30.5. The number of fused-ring (bicyclic) bond motifs is 3. The molecule has 2 N–H and O–H groups in total. The van der Waals surface area contributed by atoms with Crippen molar-refractivity contribution in [3.63, 3.8) is 0 Å². The van der Waals surface area contributed by atoms with Gasteiger partial charge in [-0.05, 0) is 94.9 Å². The first-order valence-corrected chi connectivity index (χ1v) is 21.4. The van der Waals surface area contributed by atoms with Crippen molar-refractivity contribution >= 4 is 12.1 Å². The van der Waals surface area contributed by atoms with E-state index in [1.165, 1.54) is 5.56 Å². The summed E-state index contributed by atoms with van der Waals surface area (Å²) in [6, 6.07) is 62.7. The Bertz CT molecular complexity index is 2440. The Morgan fingerprint density at radius 2 is 1.08 bits per heavy atom. The van der Waals surface area contributed by atoms with E-state index in [4.69, 9.17) is 14.2 Å². The highest BCUT2D eigenvalue weighted by atomic mass is 16.6. The zero-order valence-electron chi connectivity index (χ0n) is 35.0. The van der Waals surface area contributed by atoms with Gasteiger partial charge in [0, 0.05) is 5.92 Å². The van der Waals surface area contributed by atoms with Crippen molar-refractivity contribution in [1.29, 1.82) is 0 Å². The van der Waals surface area contributed by atoms with Gasteiger partial charge in [0.25, 0.3) is 0 Å². The van der Waals surface area contributed by atoms with E-state index >= 15 is 0 Å². The second-order valence-electron chi connectivity index (χ2n) is 15.8. The predicted octanol–water partition coefficient (Wildman–Crippen LogP) is 11.3. The SMILES string of the molecule is Cc1ccc(C(NCCCC[C@@H](NC(=O)OCC2c3ccccc3-c3ccccc32)C(=O)OCc2ccc(COc3ccccc3)cc2)(c2ccccc2)c2ccccc2)cc1. The van der Waals surface area contributed by atoms with Crippen LogP contribution in [0.2, 0.25) is 0 Å². The fourth-order valence-corrected chi connectivity index (χ4v) is 8.44. The lowest BCUT2D eigenvalue weighted by atomic mass is 9.76. The number of alkyl carbamates (subject to hydrolysis) is 1. The highest BCUT2D eigenvalue weighted by molar-refractivity contribution is 5.82. The Morgan fingerprint density at radius 3 is 1.68 bits per heavy atom. The van der Waals surface area contributed by atoms with E-state index in [1.54, 1.807) is 0 Å². The molecule has 1 atom stereocenters. The monoisotopic (exact) mass is 820 g/mol. The summed E-state index contributed by atoms with van der Waals surface area (Å²) in [6.45, 7) is 3.38. The Balaban J connectivity index is 0.942. The van der Waals surface area contributed by atoms with Crippen LogP contribution in [0.1, 0.15) is 69.7 Å². The van der Waals surface area contributed by atoms with Crippen LogP contribution >= 0.6 is 0 Å². The van der Waals surface area contributed by atoms with Gasteiger partial charge in [-0.15, -0.1) is 0 Å². The fourth-order valence-electron chi connectivity index (χ4n) is 8.44. The molecule has 0 aromatic heterocycles. The number of hydrogen-bond donors (Lipinski definition) is 2. The Morgan fingerprint density at radius 1 is 0.565 bits per heavy atom. The zero-order valence-corrected chi connectivity index (χ0v) is 35.0. The molecule has 0 bridgehead atoms. The summed E-state index contributed by atoms with van der Waals surface area (Å²) in [5.41, 5.74) is 10.3. The number of unbranched alkanes of at least 4 members (excludes halogenated alkanes) is 1.